The Hall–Kier alpha value is -1.88. The van der Waals surface area contributed by atoms with E-state index in [-0.39, 0.29) is 30.0 Å². The third-order valence-corrected chi connectivity index (χ3v) is 3.74. The molecular formula is C18H22ClNO3. The molecule has 0 aliphatic rings. The van der Waals surface area contributed by atoms with E-state index in [4.69, 9.17) is 0 Å². The Morgan fingerprint density at radius 1 is 1.09 bits per heavy atom. The molecule has 0 saturated heterocycles. The Morgan fingerprint density at radius 2 is 1.70 bits per heavy atom. The number of aliphatic hydroxyl groups is 1. The third kappa shape index (κ3) is 5.67. The average Bonchev–Trinajstić information content (AvgIpc) is 2.55. The van der Waals surface area contributed by atoms with Gasteiger partial charge in [0, 0.05) is 5.56 Å². The third-order valence-electron chi connectivity index (χ3n) is 3.74. The van der Waals surface area contributed by atoms with Crippen LogP contribution in [0, 0.1) is 0 Å². The molecule has 0 aliphatic heterocycles. The lowest BCUT2D eigenvalue weighted by Gasteiger charge is -2.17. The zero-order valence-electron chi connectivity index (χ0n) is 13.0. The maximum Gasteiger partial charge on any atom is 0.168 e. The van der Waals surface area contributed by atoms with Gasteiger partial charge >= 0.3 is 0 Å². The number of Topliss-reactive ketones (excluding diaryl/α,β-unsaturated/α-hetero) is 1. The standard InChI is InChI=1S/C18H21NO3.ClH/c1-13(18(22)15-5-3-2-4-6-15)19-12-11-17(21)14-7-9-16(20)10-8-14;/h2-10,13,18-20,22H,11-12H2,1H3;1H. The summed E-state index contributed by atoms with van der Waals surface area (Å²) in [6.45, 7) is 2.56. The van der Waals surface area contributed by atoms with Gasteiger partial charge in [0.2, 0.25) is 0 Å². The summed E-state index contributed by atoms with van der Waals surface area (Å²) < 4.78 is 0. The van der Waals surface area contributed by atoms with E-state index in [0.717, 1.165) is 5.56 Å². The molecule has 0 spiro atoms. The molecule has 2 atom stereocenters. The van der Waals surface area contributed by atoms with Crippen LogP contribution < -0.4 is 17.7 Å². The topological polar surface area (TPSA) is 74.1 Å². The van der Waals surface area contributed by atoms with Gasteiger partial charge in [0.15, 0.2) is 5.78 Å². The first kappa shape index (κ1) is 19.2. The van der Waals surface area contributed by atoms with E-state index in [1.54, 1.807) is 12.1 Å². The molecule has 5 heteroatoms. The summed E-state index contributed by atoms with van der Waals surface area (Å²) >= 11 is 0. The van der Waals surface area contributed by atoms with E-state index in [1.807, 2.05) is 42.6 Å². The minimum atomic E-state index is -0.551. The van der Waals surface area contributed by atoms with Crippen LogP contribution in [0.15, 0.2) is 54.6 Å². The van der Waals surface area contributed by atoms with E-state index in [9.17, 15) is 15.0 Å². The lowest BCUT2D eigenvalue weighted by Crippen LogP contribution is -3.00. The predicted molar refractivity (Wildman–Crippen MR) is 84.7 cm³/mol. The maximum atomic E-state index is 12.0. The van der Waals surface area contributed by atoms with Gasteiger partial charge in [0.05, 0.1) is 13.0 Å². The van der Waals surface area contributed by atoms with Crippen molar-refractivity contribution in [3.8, 4) is 5.75 Å². The van der Waals surface area contributed by atoms with Crippen molar-refractivity contribution >= 4 is 5.78 Å². The molecule has 0 fully saturated rings. The number of hydrogen-bond donors (Lipinski definition) is 3. The molecule has 0 aromatic heterocycles. The minimum Gasteiger partial charge on any atom is -1.00 e. The van der Waals surface area contributed by atoms with Gasteiger partial charge in [-0.3, -0.25) is 4.79 Å². The van der Waals surface area contributed by atoms with Gasteiger partial charge in [-0.1, -0.05) is 30.3 Å². The van der Waals surface area contributed by atoms with Crippen molar-refractivity contribution in [2.24, 2.45) is 0 Å². The molecule has 2 rings (SSSR count). The summed E-state index contributed by atoms with van der Waals surface area (Å²) in [4.78, 5) is 12.0. The first-order valence-corrected chi connectivity index (χ1v) is 7.46. The second kappa shape index (κ2) is 9.30. The van der Waals surface area contributed by atoms with Crippen LogP contribution in [-0.4, -0.2) is 28.6 Å². The van der Waals surface area contributed by atoms with Crippen LogP contribution in [0.25, 0.3) is 0 Å². The average molecular weight is 336 g/mol. The summed E-state index contributed by atoms with van der Waals surface area (Å²) in [6.07, 6.45) is -0.152. The highest BCUT2D eigenvalue weighted by molar-refractivity contribution is 5.96. The van der Waals surface area contributed by atoms with Crippen LogP contribution in [-0.2, 0) is 0 Å². The summed E-state index contributed by atoms with van der Waals surface area (Å²) in [5.74, 6) is 0.195. The molecule has 4 nitrogen and oxygen atoms in total. The first-order chi connectivity index (χ1) is 10.6. The number of hydrogen-bond acceptors (Lipinski definition) is 3. The van der Waals surface area contributed by atoms with Gasteiger partial charge in [-0.25, -0.2) is 0 Å². The fraction of sp³-hybridized carbons (Fsp3) is 0.278. The van der Waals surface area contributed by atoms with E-state index < -0.39 is 6.10 Å². The molecule has 2 aromatic rings. The number of phenolic OH excluding ortho intramolecular Hbond substituents is 1. The van der Waals surface area contributed by atoms with Crippen molar-refractivity contribution in [3.05, 3.63) is 65.7 Å². The number of carbonyl (C=O) groups is 1. The van der Waals surface area contributed by atoms with Crippen LogP contribution in [0.5, 0.6) is 5.75 Å². The highest BCUT2D eigenvalue weighted by atomic mass is 35.5. The van der Waals surface area contributed by atoms with E-state index >= 15 is 0 Å². The Morgan fingerprint density at radius 3 is 2.30 bits per heavy atom. The van der Waals surface area contributed by atoms with Gasteiger partial charge in [0.1, 0.15) is 17.9 Å². The SMILES string of the molecule is CC([NH2+]CCC(=O)c1ccc(O)cc1)C(O)c1ccccc1.[Cl-]. The molecule has 2 aromatic carbocycles. The fourth-order valence-electron chi connectivity index (χ4n) is 2.35. The van der Waals surface area contributed by atoms with Crippen molar-refractivity contribution in [1.82, 2.24) is 0 Å². The Kier molecular flexibility index (Phi) is 7.75. The molecule has 2 unspecified atom stereocenters. The monoisotopic (exact) mass is 335 g/mol. The summed E-state index contributed by atoms with van der Waals surface area (Å²) in [7, 11) is 0. The highest BCUT2D eigenvalue weighted by Crippen LogP contribution is 2.14. The quantitative estimate of drug-likeness (QED) is 0.548. The largest absolute Gasteiger partial charge is 1.00 e. The summed E-state index contributed by atoms with van der Waals surface area (Å²) in [5, 5.41) is 21.5. The number of ketones is 1. The van der Waals surface area contributed by atoms with E-state index in [1.165, 1.54) is 12.1 Å². The second-order valence-electron chi connectivity index (χ2n) is 5.46. The van der Waals surface area contributed by atoms with Crippen LogP contribution >= 0.6 is 0 Å². The van der Waals surface area contributed by atoms with Gasteiger partial charge in [-0.05, 0) is 36.8 Å². The highest BCUT2D eigenvalue weighted by Gasteiger charge is 2.19. The number of aliphatic hydroxyl groups excluding tert-OH is 1. The van der Waals surface area contributed by atoms with Gasteiger partial charge in [-0.15, -0.1) is 0 Å². The zero-order valence-corrected chi connectivity index (χ0v) is 13.8. The number of rotatable bonds is 7. The minimum absolute atomic E-state index is 0. The molecule has 4 N–H and O–H groups in total. The maximum absolute atomic E-state index is 12.0. The van der Waals surface area contributed by atoms with Gasteiger partial charge < -0.3 is 27.9 Å². The number of phenols is 1. The van der Waals surface area contributed by atoms with Gasteiger partial charge in [-0.2, -0.15) is 0 Å². The molecule has 0 heterocycles. The molecule has 0 radical (unpaired) electrons. The Labute approximate surface area is 142 Å². The van der Waals surface area contributed by atoms with Crippen molar-refractivity contribution in [2.45, 2.75) is 25.5 Å². The normalized spacial score (nSPS) is 13.0. The Bertz CT molecular complexity index is 601. The van der Waals surface area contributed by atoms with E-state index in [0.29, 0.717) is 18.5 Å². The number of carbonyl (C=O) groups excluding carboxylic acids is 1. The molecule has 124 valence electrons. The summed E-state index contributed by atoms with van der Waals surface area (Å²) in [6, 6.07) is 15.8. The molecule has 0 saturated carbocycles. The number of halogens is 1. The van der Waals surface area contributed by atoms with Crippen molar-refractivity contribution in [1.29, 1.82) is 0 Å². The smallest absolute Gasteiger partial charge is 0.168 e. The van der Waals surface area contributed by atoms with Crippen molar-refractivity contribution < 1.29 is 32.7 Å². The van der Waals surface area contributed by atoms with E-state index in [2.05, 4.69) is 0 Å². The van der Waals surface area contributed by atoms with Gasteiger partial charge in [0.25, 0.3) is 0 Å². The molecule has 0 aliphatic carbocycles. The van der Waals surface area contributed by atoms with Crippen LogP contribution in [0.3, 0.4) is 0 Å². The number of aromatic hydroxyl groups is 1. The van der Waals surface area contributed by atoms with Crippen LogP contribution in [0.1, 0.15) is 35.4 Å². The van der Waals surface area contributed by atoms with Crippen molar-refractivity contribution in [2.75, 3.05) is 6.54 Å². The lowest BCUT2D eigenvalue weighted by atomic mass is 10.0. The van der Waals surface area contributed by atoms with Crippen LogP contribution in [0.2, 0.25) is 0 Å². The Balaban J connectivity index is 0.00000264. The lowest BCUT2D eigenvalue weighted by molar-refractivity contribution is -0.693. The predicted octanol–water partition coefficient (Wildman–Crippen LogP) is -1.35. The molecular weight excluding hydrogens is 314 g/mol. The summed E-state index contributed by atoms with van der Waals surface area (Å²) in [5.41, 5.74) is 1.48. The van der Waals surface area contributed by atoms with Crippen molar-refractivity contribution in [3.63, 3.8) is 0 Å². The number of quaternary nitrogens is 1. The van der Waals surface area contributed by atoms with Crippen LogP contribution in [0.4, 0.5) is 0 Å². The second-order valence-corrected chi connectivity index (χ2v) is 5.46. The first-order valence-electron chi connectivity index (χ1n) is 7.46. The zero-order chi connectivity index (χ0) is 15.9. The molecule has 23 heavy (non-hydrogen) atoms. The number of benzene rings is 2. The molecule has 0 amide bonds. The fourth-order valence-corrected chi connectivity index (χ4v) is 2.35. The molecule has 0 bridgehead atoms. The number of nitrogens with two attached hydrogens (primary N) is 1.